The maximum Gasteiger partial charge on any atom is 0.418 e. The summed E-state index contributed by atoms with van der Waals surface area (Å²) in [6.07, 6.45) is -4.82. The van der Waals surface area contributed by atoms with Gasteiger partial charge in [0.05, 0.1) is 20.2 Å². The maximum absolute atomic E-state index is 12.9. The van der Waals surface area contributed by atoms with Gasteiger partial charge >= 0.3 is 6.18 Å². The third-order valence-electron chi connectivity index (χ3n) is 3.40. The number of sulfone groups is 1. The molecule has 2 rings (SSSR count). The van der Waals surface area contributed by atoms with E-state index >= 15 is 0 Å². The minimum atomic E-state index is -4.82. The van der Waals surface area contributed by atoms with Crippen molar-refractivity contribution in [2.45, 2.75) is 27.8 Å². The van der Waals surface area contributed by atoms with Gasteiger partial charge in [-0.1, -0.05) is 0 Å². The van der Waals surface area contributed by atoms with Crippen molar-refractivity contribution < 1.29 is 30.0 Å². The first-order valence-corrected chi connectivity index (χ1v) is 9.63. The lowest BCUT2D eigenvalue weighted by molar-refractivity contribution is -0.137. The molecule has 2 aromatic rings. The van der Waals surface area contributed by atoms with Crippen LogP contribution in [-0.4, -0.2) is 16.8 Å². The monoisotopic (exact) mass is 394 g/mol. The van der Waals surface area contributed by atoms with Crippen molar-refractivity contribution in [3.8, 4) is 0 Å². The van der Waals surface area contributed by atoms with Crippen molar-refractivity contribution in [3.05, 3.63) is 47.5 Å². The molecule has 0 unspecified atom stereocenters. The highest BCUT2D eigenvalue weighted by molar-refractivity contribution is 7.91. The highest BCUT2D eigenvalue weighted by Gasteiger charge is 2.34. The molecule has 0 aliphatic rings. The molecule has 0 amide bonds. The molecule has 2 aromatic carbocycles. The molecular weight excluding hydrogens is 381 g/mol. The smallest absolute Gasteiger partial charge is 0.398 e. The molecule has 0 aliphatic carbocycles. The third kappa shape index (κ3) is 3.78. The number of rotatable bonds is 3. The van der Waals surface area contributed by atoms with Gasteiger partial charge in [0.2, 0.25) is 19.9 Å². The number of hydrogen-bond donors (Lipinski definition) is 2. The molecular formula is C14H13F3N2O4S2. The highest BCUT2D eigenvalue weighted by Crippen LogP contribution is 2.36. The Morgan fingerprint density at radius 3 is 1.92 bits per heavy atom. The van der Waals surface area contributed by atoms with E-state index in [1.54, 1.807) is 0 Å². The van der Waals surface area contributed by atoms with Crippen molar-refractivity contribution >= 4 is 25.5 Å². The number of primary sulfonamides is 1. The number of aryl methyl sites for hydroxylation is 1. The SMILES string of the molecule is Cc1cc(S(=O)(=O)c2ccc(N)c(C(F)(F)F)c2)ccc1S(N)(=O)=O. The summed E-state index contributed by atoms with van der Waals surface area (Å²) >= 11 is 0. The molecule has 0 fully saturated rings. The molecule has 0 saturated carbocycles. The second-order valence-corrected chi connectivity index (χ2v) is 8.70. The molecule has 0 saturated heterocycles. The summed E-state index contributed by atoms with van der Waals surface area (Å²) in [5, 5.41) is 5.00. The summed E-state index contributed by atoms with van der Waals surface area (Å²) in [5.41, 5.74) is 3.43. The second kappa shape index (κ2) is 6.00. The first-order valence-electron chi connectivity index (χ1n) is 6.60. The van der Waals surface area contributed by atoms with Crippen LogP contribution in [0.15, 0.2) is 51.1 Å². The number of hydrogen-bond acceptors (Lipinski definition) is 5. The summed E-state index contributed by atoms with van der Waals surface area (Å²) in [7, 11) is -8.37. The first-order chi connectivity index (χ1) is 11.2. The van der Waals surface area contributed by atoms with E-state index in [1.807, 2.05) is 0 Å². The third-order valence-corrected chi connectivity index (χ3v) is 6.22. The van der Waals surface area contributed by atoms with Crippen molar-refractivity contribution in [2.24, 2.45) is 5.14 Å². The summed E-state index contributed by atoms with van der Waals surface area (Å²) in [5.74, 6) is 0. The fourth-order valence-corrected chi connectivity index (χ4v) is 4.33. The van der Waals surface area contributed by atoms with Crippen LogP contribution in [0.2, 0.25) is 0 Å². The van der Waals surface area contributed by atoms with Crippen LogP contribution >= 0.6 is 0 Å². The molecule has 4 N–H and O–H groups in total. The zero-order chi connectivity index (χ0) is 19.2. The minimum absolute atomic E-state index is 0.0510. The van der Waals surface area contributed by atoms with Gasteiger partial charge in [0.15, 0.2) is 0 Å². The van der Waals surface area contributed by atoms with E-state index in [1.165, 1.54) is 6.92 Å². The largest absolute Gasteiger partial charge is 0.418 e. The van der Waals surface area contributed by atoms with Gasteiger partial charge in [-0.25, -0.2) is 22.0 Å². The van der Waals surface area contributed by atoms with Crippen LogP contribution in [0.1, 0.15) is 11.1 Å². The number of sulfonamides is 1. The predicted molar refractivity (Wildman–Crippen MR) is 83.9 cm³/mol. The van der Waals surface area contributed by atoms with Gasteiger partial charge in [-0.15, -0.1) is 0 Å². The quantitative estimate of drug-likeness (QED) is 0.772. The second-order valence-electron chi connectivity index (χ2n) is 5.22. The van der Waals surface area contributed by atoms with Crippen molar-refractivity contribution in [1.82, 2.24) is 0 Å². The Morgan fingerprint density at radius 1 is 0.920 bits per heavy atom. The molecule has 0 radical (unpaired) electrons. The van der Waals surface area contributed by atoms with Crippen LogP contribution in [0.25, 0.3) is 0 Å². The van der Waals surface area contributed by atoms with Gasteiger partial charge in [0, 0.05) is 5.69 Å². The van der Waals surface area contributed by atoms with E-state index in [0.29, 0.717) is 6.07 Å². The number of benzene rings is 2. The zero-order valence-electron chi connectivity index (χ0n) is 12.7. The van der Waals surface area contributed by atoms with Crippen LogP contribution < -0.4 is 10.9 Å². The van der Waals surface area contributed by atoms with Gasteiger partial charge in [-0.05, 0) is 48.9 Å². The molecule has 0 aliphatic heterocycles. The Hall–Kier alpha value is -2.11. The average molecular weight is 394 g/mol. The van der Waals surface area contributed by atoms with Gasteiger partial charge in [0.25, 0.3) is 0 Å². The fraction of sp³-hybridized carbons (Fsp3) is 0.143. The van der Waals surface area contributed by atoms with E-state index in [-0.39, 0.29) is 15.4 Å². The topological polar surface area (TPSA) is 120 Å². The van der Waals surface area contributed by atoms with Crippen LogP contribution in [0.4, 0.5) is 18.9 Å². The van der Waals surface area contributed by atoms with Crippen molar-refractivity contribution in [3.63, 3.8) is 0 Å². The van der Waals surface area contributed by atoms with Gasteiger partial charge in [-0.2, -0.15) is 13.2 Å². The van der Waals surface area contributed by atoms with Crippen LogP contribution in [0.5, 0.6) is 0 Å². The molecule has 0 bridgehead atoms. The summed E-state index contributed by atoms with van der Waals surface area (Å²) in [6, 6.07) is 5.21. The first kappa shape index (κ1) is 19.2. The molecule has 0 atom stereocenters. The van der Waals surface area contributed by atoms with E-state index in [9.17, 15) is 30.0 Å². The minimum Gasteiger partial charge on any atom is -0.398 e. The standard InChI is InChI=1S/C14H13F3N2O4S2/c1-8-6-9(3-5-13(8)25(19,22)23)24(20,21)10-2-4-12(18)11(7-10)14(15,16)17/h2-7H,18H2,1H3,(H2,19,22,23). The zero-order valence-corrected chi connectivity index (χ0v) is 14.3. The molecule has 0 aromatic heterocycles. The Labute approximate surface area is 142 Å². The number of halogens is 3. The predicted octanol–water partition coefficient (Wildman–Crippen LogP) is 2.08. The Kier molecular flexibility index (Phi) is 4.61. The number of anilines is 1. The number of nitrogen functional groups attached to an aromatic ring is 1. The molecule has 11 heteroatoms. The lowest BCUT2D eigenvalue weighted by Gasteiger charge is -2.13. The van der Waals surface area contributed by atoms with E-state index in [4.69, 9.17) is 10.9 Å². The molecule has 0 spiro atoms. The van der Waals surface area contributed by atoms with Crippen molar-refractivity contribution in [2.75, 3.05) is 5.73 Å². The Morgan fingerprint density at radius 2 is 1.44 bits per heavy atom. The van der Waals surface area contributed by atoms with Gasteiger partial charge in [-0.3, -0.25) is 0 Å². The number of nitrogens with two attached hydrogens (primary N) is 2. The average Bonchev–Trinajstić information content (AvgIpc) is 2.44. The van der Waals surface area contributed by atoms with E-state index < -0.39 is 42.2 Å². The normalized spacial score (nSPS) is 13.0. The summed E-state index contributed by atoms with van der Waals surface area (Å²) in [6.45, 7) is 1.32. The van der Waals surface area contributed by atoms with Crippen LogP contribution in [0, 0.1) is 6.92 Å². The molecule has 136 valence electrons. The fourth-order valence-electron chi connectivity index (χ4n) is 2.19. The summed E-state index contributed by atoms with van der Waals surface area (Å²) < 4.78 is 86.6. The summed E-state index contributed by atoms with van der Waals surface area (Å²) in [4.78, 5) is -1.26. The van der Waals surface area contributed by atoms with E-state index in [0.717, 1.165) is 30.3 Å². The van der Waals surface area contributed by atoms with Gasteiger partial charge < -0.3 is 5.73 Å². The highest BCUT2D eigenvalue weighted by atomic mass is 32.2. The van der Waals surface area contributed by atoms with Crippen LogP contribution in [-0.2, 0) is 26.0 Å². The molecule has 25 heavy (non-hydrogen) atoms. The maximum atomic E-state index is 12.9. The Balaban J connectivity index is 2.63. The lowest BCUT2D eigenvalue weighted by atomic mass is 10.2. The van der Waals surface area contributed by atoms with Crippen molar-refractivity contribution in [1.29, 1.82) is 0 Å². The molecule has 0 heterocycles. The Bertz CT molecular complexity index is 1050. The van der Waals surface area contributed by atoms with Gasteiger partial charge in [0.1, 0.15) is 0 Å². The van der Waals surface area contributed by atoms with E-state index in [2.05, 4.69) is 0 Å². The molecule has 6 nitrogen and oxygen atoms in total. The lowest BCUT2D eigenvalue weighted by Crippen LogP contribution is -2.14. The number of alkyl halides is 3. The van der Waals surface area contributed by atoms with Crippen LogP contribution in [0.3, 0.4) is 0 Å².